The molecule has 1 atom stereocenters. The second-order valence-electron chi connectivity index (χ2n) is 6.05. The molecule has 3 heterocycles. The van der Waals surface area contributed by atoms with Crippen LogP contribution < -0.4 is 5.32 Å². The molecule has 0 aliphatic carbocycles. The lowest BCUT2D eigenvalue weighted by atomic mass is 10.4. The Morgan fingerprint density at radius 2 is 1.93 bits per heavy atom. The van der Waals surface area contributed by atoms with E-state index in [1.807, 2.05) is 0 Å². The van der Waals surface area contributed by atoms with Crippen molar-refractivity contribution in [3.8, 4) is 0 Å². The van der Waals surface area contributed by atoms with E-state index in [-0.39, 0.29) is 10.8 Å². The first-order chi connectivity index (χ1) is 12.9. The number of amides is 1. The van der Waals surface area contributed by atoms with Gasteiger partial charge in [0.2, 0.25) is 15.9 Å². The van der Waals surface area contributed by atoms with Crippen molar-refractivity contribution in [2.45, 2.75) is 34.9 Å². The number of pyridine rings is 2. The Bertz CT molecular complexity index is 899. The summed E-state index contributed by atoms with van der Waals surface area (Å²) in [6.07, 6.45) is 4.57. The molecule has 3 rings (SSSR count). The van der Waals surface area contributed by atoms with Crippen LogP contribution in [0.3, 0.4) is 0 Å². The lowest BCUT2D eigenvalue weighted by molar-refractivity contribution is -0.115. The predicted octanol–water partition coefficient (Wildman–Crippen LogP) is 3.03. The van der Waals surface area contributed by atoms with Crippen LogP contribution in [0.15, 0.2) is 46.6 Å². The van der Waals surface area contributed by atoms with Crippen LogP contribution in [0.25, 0.3) is 0 Å². The summed E-state index contributed by atoms with van der Waals surface area (Å²) in [6, 6.07) is 6.42. The molecule has 1 fully saturated rings. The molecule has 2 aromatic rings. The second kappa shape index (κ2) is 8.55. The van der Waals surface area contributed by atoms with Gasteiger partial charge in [0.1, 0.15) is 10.7 Å². The third kappa shape index (κ3) is 4.98. The van der Waals surface area contributed by atoms with Gasteiger partial charge in [0.15, 0.2) is 0 Å². The lowest BCUT2D eigenvalue weighted by Gasteiger charge is -2.15. The second-order valence-corrected chi connectivity index (χ2v) is 9.79. The van der Waals surface area contributed by atoms with Gasteiger partial charge in [0.05, 0.1) is 15.3 Å². The number of nitrogens with one attached hydrogen (secondary N) is 1. The quantitative estimate of drug-likeness (QED) is 0.713. The number of aromatic nitrogens is 2. The molecule has 2 aromatic heterocycles. The van der Waals surface area contributed by atoms with Crippen molar-refractivity contribution in [1.82, 2.24) is 14.3 Å². The normalized spacial score (nSPS) is 16.2. The Morgan fingerprint density at radius 3 is 2.52 bits per heavy atom. The summed E-state index contributed by atoms with van der Waals surface area (Å²) in [5.74, 6) is 0.183. The van der Waals surface area contributed by atoms with Gasteiger partial charge in [-0.1, -0.05) is 23.4 Å². The van der Waals surface area contributed by atoms with Gasteiger partial charge in [-0.3, -0.25) is 4.79 Å². The fraction of sp³-hybridized carbons (Fsp3) is 0.353. The minimum absolute atomic E-state index is 0.177. The first-order valence-electron chi connectivity index (χ1n) is 8.41. The molecule has 1 N–H and O–H groups in total. The zero-order chi connectivity index (χ0) is 19.4. The zero-order valence-electron chi connectivity index (χ0n) is 14.6. The van der Waals surface area contributed by atoms with E-state index in [0.29, 0.717) is 29.0 Å². The Balaban J connectivity index is 1.61. The molecule has 0 radical (unpaired) electrons. The highest BCUT2D eigenvalue weighted by Gasteiger charge is 2.27. The SMILES string of the molecule is CC(Sc1ccc(S(=O)(=O)N2CCCC2)cn1)C(=O)Nc1ccc(Cl)cn1. The topological polar surface area (TPSA) is 92.3 Å². The van der Waals surface area contributed by atoms with Gasteiger partial charge in [0, 0.05) is 25.5 Å². The van der Waals surface area contributed by atoms with Crippen LogP contribution in [0.4, 0.5) is 5.82 Å². The van der Waals surface area contributed by atoms with E-state index in [9.17, 15) is 13.2 Å². The average molecular weight is 427 g/mol. The Kier molecular flexibility index (Phi) is 6.36. The smallest absolute Gasteiger partial charge is 0.244 e. The number of nitrogens with zero attached hydrogens (tertiary/aromatic N) is 3. The van der Waals surface area contributed by atoms with Crippen LogP contribution in [-0.4, -0.2) is 46.9 Å². The summed E-state index contributed by atoms with van der Waals surface area (Å²) in [6.45, 7) is 2.84. The first kappa shape index (κ1) is 20.1. The molecule has 1 amide bonds. The van der Waals surface area contributed by atoms with Crippen LogP contribution >= 0.6 is 23.4 Å². The van der Waals surface area contributed by atoms with Crippen molar-refractivity contribution in [2.75, 3.05) is 18.4 Å². The fourth-order valence-electron chi connectivity index (χ4n) is 2.58. The third-order valence-corrected chi connectivity index (χ3v) is 7.21. The number of rotatable bonds is 6. The van der Waals surface area contributed by atoms with E-state index in [0.717, 1.165) is 12.8 Å². The van der Waals surface area contributed by atoms with Crippen molar-refractivity contribution >= 4 is 45.1 Å². The van der Waals surface area contributed by atoms with E-state index in [1.165, 1.54) is 34.5 Å². The highest BCUT2D eigenvalue weighted by Crippen LogP contribution is 2.25. The molecular formula is C17H19ClN4O3S2. The molecule has 0 spiro atoms. The van der Waals surface area contributed by atoms with Crippen molar-refractivity contribution in [3.63, 3.8) is 0 Å². The van der Waals surface area contributed by atoms with Crippen LogP contribution in [0.1, 0.15) is 19.8 Å². The molecule has 144 valence electrons. The number of carbonyl (C=O) groups excluding carboxylic acids is 1. The molecule has 27 heavy (non-hydrogen) atoms. The number of carbonyl (C=O) groups is 1. The standard InChI is InChI=1S/C17H19ClN4O3S2/c1-12(17(23)21-15-6-4-13(18)10-19-15)26-16-7-5-14(11-20-16)27(24,25)22-8-2-3-9-22/h4-7,10-12H,2-3,8-9H2,1H3,(H,19,21,23). The number of hydrogen-bond donors (Lipinski definition) is 1. The highest BCUT2D eigenvalue weighted by molar-refractivity contribution is 8.00. The van der Waals surface area contributed by atoms with Gasteiger partial charge < -0.3 is 5.32 Å². The Hall–Kier alpha value is -1.68. The largest absolute Gasteiger partial charge is 0.310 e. The number of halogens is 1. The molecule has 0 saturated carbocycles. The highest BCUT2D eigenvalue weighted by atomic mass is 35.5. The van der Waals surface area contributed by atoms with Crippen molar-refractivity contribution in [1.29, 1.82) is 0 Å². The minimum Gasteiger partial charge on any atom is -0.310 e. The van der Waals surface area contributed by atoms with Gasteiger partial charge >= 0.3 is 0 Å². The van der Waals surface area contributed by atoms with Crippen LogP contribution in [0.2, 0.25) is 5.02 Å². The summed E-state index contributed by atoms with van der Waals surface area (Å²) in [5, 5.41) is 3.33. The Morgan fingerprint density at radius 1 is 1.19 bits per heavy atom. The van der Waals surface area contributed by atoms with Crippen molar-refractivity contribution in [2.24, 2.45) is 0 Å². The number of thioether (sulfide) groups is 1. The van der Waals surface area contributed by atoms with Crippen molar-refractivity contribution < 1.29 is 13.2 Å². The predicted molar refractivity (Wildman–Crippen MR) is 105 cm³/mol. The summed E-state index contributed by atoms with van der Waals surface area (Å²) >= 11 is 7.01. The van der Waals surface area contributed by atoms with Gasteiger partial charge in [-0.25, -0.2) is 18.4 Å². The lowest BCUT2D eigenvalue weighted by Crippen LogP contribution is -2.28. The maximum absolute atomic E-state index is 12.5. The monoisotopic (exact) mass is 426 g/mol. The van der Waals surface area contributed by atoms with Gasteiger partial charge in [0.25, 0.3) is 0 Å². The number of sulfonamides is 1. The molecular weight excluding hydrogens is 408 g/mol. The molecule has 0 aromatic carbocycles. The Labute approximate surface area is 167 Å². The van der Waals surface area contributed by atoms with Gasteiger partial charge in [-0.15, -0.1) is 0 Å². The molecule has 1 aliphatic heterocycles. The first-order valence-corrected chi connectivity index (χ1v) is 11.1. The zero-order valence-corrected chi connectivity index (χ0v) is 17.0. The number of anilines is 1. The van der Waals surface area contributed by atoms with Gasteiger partial charge in [-0.2, -0.15) is 4.31 Å². The van der Waals surface area contributed by atoms with E-state index in [1.54, 1.807) is 25.1 Å². The van der Waals surface area contributed by atoms with Crippen LogP contribution in [-0.2, 0) is 14.8 Å². The molecule has 1 saturated heterocycles. The molecule has 10 heteroatoms. The van der Waals surface area contributed by atoms with E-state index in [4.69, 9.17) is 11.6 Å². The maximum Gasteiger partial charge on any atom is 0.244 e. The summed E-state index contributed by atoms with van der Waals surface area (Å²) < 4.78 is 26.5. The molecule has 0 bridgehead atoms. The van der Waals surface area contributed by atoms with Crippen LogP contribution in [0.5, 0.6) is 0 Å². The molecule has 1 aliphatic rings. The summed E-state index contributed by atoms with van der Waals surface area (Å²) in [4.78, 5) is 20.7. The number of hydrogen-bond acceptors (Lipinski definition) is 6. The summed E-state index contributed by atoms with van der Waals surface area (Å²) in [5.41, 5.74) is 0. The average Bonchev–Trinajstić information content (AvgIpc) is 3.19. The molecule has 7 nitrogen and oxygen atoms in total. The van der Waals surface area contributed by atoms with E-state index < -0.39 is 15.3 Å². The fourth-order valence-corrected chi connectivity index (χ4v) is 4.94. The van der Waals surface area contributed by atoms with Gasteiger partial charge in [-0.05, 0) is 44.0 Å². The third-order valence-electron chi connectivity index (χ3n) is 4.06. The van der Waals surface area contributed by atoms with Crippen LogP contribution in [0, 0.1) is 0 Å². The summed E-state index contributed by atoms with van der Waals surface area (Å²) in [7, 11) is -3.48. The van der Waals surface area contributed by atoms with Crippen molar-refractivity contribution in [3.05, 3.63) is 41.7 Å². The molecule has 1 unspecified atom stereocenters. The van der Waals surface area contributed by atoms with E-state index in [2.05, 4.69) is 15.3 Å². The minimum atomic E-state index is -3.48. The maximum atomic E-state index is 12.5. The van der Waals surface area contributed by atoms with E-state index >= 15 is 0 Å².